The molecule has 0 radical (unpaired) electrons. The quantitative estimate of drug-likeness (QED) is 0.656. The molecule has 0 aliphatic heterocycles. The summed E-state index contributed by atoms with van der Waals surface area (Å²) in [6, 6.07) is 6.59. The number of halogens is 1. The van der Waals surface area contributed by atoms with Gasteiger partial charge < -0.3 is 0 Å². The number of hydrogen-bond acceptors (Lipinski definition) is 0. The maximum Gasteiger partial charge on any atom is 0.0341 e. The van der Waals surface area contributed by atoms with E-state index in [0.717, 1.165) is 0 Å². The van der Waals surface area contributed by atoms with Gasteiger partial charge in [-0.2, -0.15) is 0 Å². The Balaban J connectivity index is 2.21. The Morgan fingerprint density at radius 3 is 2.44 bits per heavy atom. The lowest BCUT2D eigenvalue weighted by Crippen LogP contribution is -2.17. The van der Waals surface area contributed by atoms with Crippen LogP contribution in [0.1, 0.15) is 42.9 Å². The first-order valence-electron chi connectivity index (χ1n) is 6.19. The van der Waals surface area contributed by atoms with E-state index >= 15 is 0 Å². The molecule has 0 spiro atoms. The molecule has 1 aliphatic rings. The van der Waals surface area contributed by atoms with Crippen molar-refractivity contribution in [2.45, 2.75) is 51.8 Å². The van der Waals surface area contributed by atoms with Crippen LogP contribution in [0, 0.1) is 19.3 Å². The third-order valence-corrected chi connectivity index (χ3v) is 4.40. The van der Waals surface area contributed by atoms with E-state index in [4.69, 9.17) is 11.6 Å². The van der Waals surface area contributed by atoms with Gasteiger partial charge in [-0.25, -0.2) is 0 Å². The molecule has 0 heterocycles. The van der Waals surface area contributed by atoms with Gasteiger partial charge in [0, 0.05) is 5.38 Å². The van der Waals surface area contributed by atoms with Crippen LogP contribution in [0.2, 0.25) is 0 Å². The van der Waals surface area contributed by atoms with Gasteiger partial charge in [-0.1, -0.05) is 25.1 Å². The van der Waals surface area contributed by atoms with Crippen molar-refractivity contribution in [1.29, 1.82) is 0 Å². The number of benzene rings is 1. The smallest absolute Gasteiger partial charge is 0.0341 e. The van der Waals surface area contributed by atoms with E-state index in [0.29, 0.717) is 10.8 Å². The lowest BCUT2D eigenvalue weighted by Gasteiger charge is -2.25. The Morgan fingerprint density at radius 2 is 1.94 bits per heavy atom. The van der Waals surface area contributed by atoms with Gasteiger partial charge in [-0.15, -0.1) is 11.6 Å². The van der Waals surface area contributed by atoms with E-state index in [9.17, 15) is 0 Å². The average Bonchev–Trinajstić information content (AvgIpc) is 2.53. The fraction of sp³-hybridized carbons (Fsp3) is 0.600. The Hall–Kier alpha value is -0.490. The summed E-state index contributed by atoms with van der Waals surface area (Å²) in [7, 11) is 0. The predicted octanol–water partition coefficient (Wildman–Crippen LogP) is 4.64. The minimum atomic E-state index is 0.398. The van der Waals surface area contributed by atoms with Crippen molar-refractivity contribution < 1.29 is 0 Å². The van der Waals surface area contributed by atoms with Gasteiger partial charge in [0.15, 0.2) is 0 Å². The second kappa shape index (κ2) is 4.41. The lowest BCUT2D eigenvalue weighted by atomic mass is 9.80. The molecular formula is C15H21Cl. The Morgan fingerprint density at radius 1 is 1.31 bits per heavy atom. The van der Waals surface area contributed by atoms with Gasteiger partial charge in [0.25, 0.3) is 0 Å². The molecule has 1 heteroatoms. The zero-order valence-electron chi connectivity index (χ0n) is 10.5. The maximum atomic E-state index is 6.24. The second-order valence-electron chi connectivity index (χ2n) is 5.70. The van der Waals surface area contributed by atoms with Crippen molar-refractivity contribution in [2.24, 2.45) is 5.41 Å². The first kappa shape index (κ1) is 12.0. The predicted molar refractivity (Wildman–Crippen MR) is 71.2 cm³/mol. The minimum absolute atomic E-state index is 0.398. The van der Waals surface area contributed by atoms with E-state index < -0.39 is 0 Å². The van der Waals surface area contributed by atoms with Crippen molar-refractivity contribution in [2.75, 3.05) is 0 Å². The summed E-state index contributed by atoms with van der Waals surface area (Å²) in [5.41, 5.74) is 4.82. The van der Waals surface area contributed by atoms with Crippen LogP contribution in [-0.4, -0.2) is 5.38 Å². The zero-order valence-corrected chi connectivity index (χ0v) is 11.3. The summed E-state index contributed by atoms with van der Waals surface area (Å²) in [6.07, 6.45) is 4.81. The number of rotatable bonds is 2. The maximum absolute atomic E-state index is 6.24. The molecule has 0 N–H and O–H groups in total. The summed E-state index contributed by atoms with van der Waals surface area (Å²) < 4.78 is 0. The van der Waals surface area contributed by atoms with Gasteiger partial charge in [-0.05, 0) is 61.6 Å². The molecule has 0 saturated heterocycles. The molecule has 1 fully saturated rings. The van der Waals surface area contributed by atoms with Gasteiger partial charge >= 0.3 is 0 Å². The fourth-order valence-corrected chi connectivity index (χ4v) is 3.44. The molecule has 0 aromatic heterocycles. The van der Waals surface area contributed by atoms with Crippen molar-refractivity contribution in [3.05, 3.63) is 34.9 Å². The Bertz CT molecular complexity index is 363. The van der Waals surface area contributed by atoms with Crippen LogP contribution >= 0.6 is 11.6 Å². The van der Waals surface area contributed by atoms with E-state index in [-0.39, 0.29) is 0 Å². The number of hydrogen-bond donors (Lipinski definition) is 0. The van der Waals surface area contributed by atoms with Crippen molar-refractivity contribution in [1.82, 2.24) is 0 Å². The molecule has 2 rings (SSSR count). The lowest BCUT2D eigenvalue weighted by molar-refractivity contribution is 0.334. The van der Waals surface area contributed by atoms with Crippen LogP contribution in [0.25, 0.3) is 0 Å². The molecule has 16 heavy (non-hydrogen) atoms. The van der Waals surface area contributed by atoms with Crippen LogP contribution in [0.15, 0.2) is 18.2 Å². The van der Waals surface area contributed by atoms with Gasteiger partial charge in [0.2, 0.25) is 0 Å². The minimum Gasteiger partial charge on any atom is -0.123 e. The van der Waals surface area contributed by atoms with E-state index in [1.54, 1.807) is 0 Å². The summed E-state index contributed by atoms with van der Waals surface area (Å²) in [5.74, 6) is 0. The standard InChI is InChI=1S/C15H21Cl/c1-11-5-4-6-12(2)14(11)10-15(3)8-7-13(16)9-15/h4-6,13H,7-10H2,1-3H3. The van der Waals surface area contributed by atoms with Crippen LogP contribution in [0.4, 0.5) is 0 Å². The summed E-state index contributed by atoms with van der Waals surface area (Å²) in [5, 5.41) is 0.398. The highest BCUT2D eigenvalue weighted by Gasteiger charge is 2.34. The van der Waals surface area contributed by atoms with Crippen LogP contribution in [0.5, 0.6) is 0 Å². The first-order chi connectivity index (χ1) is 7.50. The molecule has 88 valence electrons. The molecule has 1 aromatic carbocycles. The third kappa shape index (κ3) is 2.43. The summed E-state index contributed by atoms with van der Waals surface area (Å²) in [4.78, 5) is 0. The number of alkyl halides is 1. The molecular weight excluding hydrogens is 216 g/mol. The summed E-state index contributed by atoms with van der Waals surface area (Å²) in [6.45, 7) is 6.83. The van der Waals surface area contributed by atoms with Crippen LogP contribution in [-0.2, 0) is 6.42 Å². The van der Waals surface area contributed by atoms with Crippen molar-refractivity contribution in [3.63, 3.8) is 0 Å². The van der Waals surface area contributed by atoms with Gasteiger partial charge in [0.1, 0.15) is 0 Å². The monoisotopic (exact) mass is 236 g/mol. The highest BCUT2D eigenvalue weighted by Crippen LogP contribution is 2.43. The molecule has 0 amide bonds. The van der Waals surface area contributed by atoms with Crippen LogP contribution in [0.3, 0.4) is 0 Å². The van der Waals surface area contributed by atoms with E-state index in [1.807, 2.05) is 0 Å². The molecule has 0 nitrogen and oxygen atoms in total. The van der Waals surface area contributed by atoms with Crippen LogP contribution < -0.4 is 0 Å². The van der Waals surface area contributed by atoms with Crippen molar-refractivity contribution in [3.8, 4) is 0 Å². The van der Waals surface area contributed by atoms with Crippen molar-refractivity contribution >= 4 is 11.6 Å². The number of aryl methyl sites for hydroxylation is 2. The first-order valence-corrected chi connectivity index (χ1v) is 6.63. The Kier molecular flexibility index (Phi) is 3.30. The third-order valence-electron chi connectivity index (χ3n) is 4.02. The topological polar surface area (TPSA) is 0 Å². The molecule has 1 aliphatic carbocycles. The van der Waals surface area contributed by atoms with E-state index in [1.165, 1.54) is 42.4 Å². The molecule has 1 saturated carbocycles. The molecule has 0 bridgehead atoms. The molecule has 1 aromatic rings. The average molecular weight is 237 g/mol. The highest BCUT2D eigenvalue weighted by atomic mass is 35.5. The normalized spacial score (nSPS) is 29.6. The largest absolute Gasteiger partial charge is 0.123 e. The fourth-order valence-electron chi connectivity index (χ4n) is 2.96. The van der Waals surface area contributed by atoms with Gasteiger partial charge in [-0.3, -0.25) is 0 Å². The Labute approximate surface area is 104 Å². The molecule has 2 atom stereocenters. The SMILES string of the molecule is Cc1cccc(C)c1CC1(C)CCC(Cl)C1. The highest BCUT2D eigenvalue weighted by molar-refractivity contribution is 6.20. The van der Waals surface area contributed by atoms with E-state index in [2.05, 4.69) is 39.0 Å². The van der Waals surface area contributed by atoms with Gasteiger partial charge in [0.05, 0.1) is 0 Å². The zero-order chi connectivity index (χ0) is 11.8. The molecule has 2 unspecified atom stereocenters. The second-order valence-corrected chi connectivity index (χ2v) is 6.32. The summed E-state index contributed by atoms with van der Waals surface area (Å²) >= 11 is 6.24.